The van der Waals surface area contributed by atoms with Crippen molar-refractivity contribution in [2.24, 2.45) is 0 Å². The minimum Gasteiger partial charge on any atom is -0.336 e. The molecule has 1 aliphatic rings. The molecule has 0 radical (unpaired) electrons. The fraction of sp³-hybridized carbons (Fsp3) is 0.167. The van der Waals surface area contributed by atoms with Crippen molar-refractivity contribution in [1.82, 2.24) is 9.21 Å². The van der Waals surface area contributed by atoms with Gasteiger partial charge in [-0.15, -0.1) is 0 Å². The second kappa shape index (κ2) is 9.02. The van der Waals surface area contributed by atoms with E-state index in [0.717, 1.165) is 12.1 Å². The molecule has 0 atom stereocenters. The van der Waals surface area contributed by atoms with Crippen LogP contribution in [0.2, 0.25) is 0 Å². The molecule has 0 unspecified atom stereocenters. The Hall–Kier alpha value is -3.36. The van der Waals surface area contributed by atoms with Crippen molar-refractivity contribution in [1.29, 1.82) is 0 Å². The number of amides is 1. The zero-order chi connectivity index (χ0) is 22.7. The number of carbonyl (C=O) groups excluding carboxylic acids is 2. The van der Waals surface area contributed by atoms with Crippen molar-refractivity contribution in [3.05, 3.63) is 101 Å². The molecular weight excluding hydrogens is 431 g/mol. The third-order valence-corrected chi connectivity index (χ3v) is 7.32. The molecule has 0 aliphatic carbocycles. The second-order valence-electron chi connectivity index (χ2n) is 7.42. The smallest absolute Gasteiger partial charge is 0.253 e. The number of piperazine rings is 1. The van der Waals surface area contributed by atoms with Gasteiger partial charge in [0.15, 0.2) is 5.78 Å². The summed E-state index contributed by atoms with van der Waals surface area (Å²) in [6.45, 7) is 0.778. The topological polar surface area (TPSA) is 74.8 Å². The summed E-state index contributed by atoms with van der Waals surface area (Å²) in [5, 5.41) is 0. The van der Waals surface area contributed by atoms with Crippen LogP contribution in [0, 0.1) is 5.82 Å². The van der Waals surface area contributed by atoms with Crippen molar-refractivity contribution in [3.8, 4) is 0 Å². The highest BCUT2D eigenvalue weighted by Crippen LogP contribution is 2.19. The number of hydrogen-bond donors (Lipinski definition) is 0. The van der Waals surface area contributed by atoms with Gasteiger partial charge in [-0.05, 0) is 36.4 Å². The minimum absolute atomic E-state index is 0.0253. The van der Waals surface area contributed by atoms with E-state index in [-0.39, 0.29) is 42.8 Å². The standard InChI is InChI=1S/C24H21FN2O4S/c25-21-10-12-22(13-11-21)32(30,31)27-16-14-26(15-17-27)24(29)20-8-6-19(7-9-20)23(28)18-4-2-1-3-5-18/h1-13H,14-17H2. The lowest BCUT2D eigenvalue weighted by Gasteiger charge is -2.34. The summed E-state index contributed by atoms with van der Waals surface area (Å²) >= 11 is 0. The van der Waals surface area contributed by atoms with E-state index in [1.807, 2.05) is 6.07 Å². The zero-order valence-corrected chi connectivity index (χ0v) is 18.0. The SMILES string of the molecule is O=C(c1ccccc1)c1ccc(C(=O)N2CCN(S(=O)(=O)c3ccc(F)cc3)CC2)cc1. The van der Waals surface area contributed by atoms with Crippen molar-refractivity contribution in [2.45, 2.75) is 4.90 Å². The first-order valence-corrected chi connectivity index (χ1v) is 11.5. The van der Waals surface area contributed by atoms with Gasteiger partial charge in [-0.2, -0.15) is 4.31 Å². The van der Waals surface area contributed by atoms with Gasteiger partial charge in [0.25, 0.3) is 5.91 Å². The first kappa shape index (κ1) is 21.9. The number of halogens is 1. The molecule has 3 aromatic rings. The van der Waals surface area contributed by atoms with Gasteiger partial charge in [0, 0.05) is 42.9 Å². The van der Waals surface area contributed by atoms with E-state index in [0.29, 0.717) is 16.7 Å². The van der Waals surface area contributed by atoms with E-state index in [1.54, 1.807) is 53.4 Å². The molecule has 0 saturated carbocycles. The number of carbonyl (C=O) groups is 2. The van der Waals surface area contributed by atoms with Crippen LogP contribution in [-0.4, -0.2) is 55.5 Å². The molecule has 1 heterocycles. The number of hydrogen-bond acceptors (Lipinski definition) is 4. The molecule has 1 aliphatic heterocycles. The van der Waals surface area contributed by atoms with Crippen molar-refractivity contribution >= 4 is 21.7 Å². The average molecular weight is 453 g/mol. The summed E-state index contributed by atoms with van der Waals surface area (Å²) in [6, 6.07) is 20.1. The third-order valence-electron chi connectivity index (χ3n) is 5.41. The lowest BCUT2D eigenvalue weighted by atomic mass is 10.0. The first-order valence-electron chi connectivity index (χ1n) is 10.1. The van der Waals surface area contributed by atoms with Gasteiger partial charge in [-0.1, -0.05) is 42.5 Å². The van der Waals surface area contributed by atoms with Crippen LogP contribution in [0.4, 0.5) is 4.39 Å². The fourth-order valence-electron chi connectivity index (χ4n) is 3.59. The Morgan fingerprint density at radius 3 is 1.81 bits per heavy atom. The number of ketones is 1. The number of nitrogens with zero attached hydrogens (tertiary/aromatic N) is 2. The Bertz CT molecular complexity index is 1220. The van der Waals surface area contributed by atoms with Gasteiger partial charge in [0.1, 0.15) is 5.82 Å². The highest BCUT2D eigenvalue weighted by molar-refractivity contribution is 7.89. The van der Waals surface area contributed by atoms with Gasteiger partial charge in [-0.25, -0.2) is 12.8 Å². The Morgan fingerprint density at radius 1 is 0.688 bits per heavy atom. The quantitative estimate of drug-likeness (QED) is 0.557. The Morgan fingerprint density at radius 2 is 1.22 bits per heavy atom. The van der Waals surface area contributed by atoms with Crippen molar-refractivity contribution in [3.63, 3.8) is 0 Å². The molecule has 1 fully saturated rings. The minimum atomic E-state index is -3.74. The van der Waals surface area contributed by atoms with Crippen LogP contribution in [0.5, 0.6) is 0 Å². The van der Waals surface area contributed by atoms with Gasteiger partial charge in [0.2, 0.25) is 10.0 Å². The summed E-state index contributed by atoms with van der Waals surface area (Å²) in [4.78, 5) is 27.0. The van der Waals surface area contributed by atoms with E-state index in [9.17, 15) is 22.4 Å². The Kier molecular flexibility index (Phi) is 6.16. The van der Waals surface area contributed by atoms with Crippen LogP contribution < -0.4 is 0 Å². The maximum absolute atomic E-state index is 13.1. The highest BCUT2D eigenvalue weighted by atomic mass is 32.2. The molecule has 8 heteroatoms. The average Bonchev–Trinajstić information content (AvgIpc) is 2.84. The predicted octanol–water partition coefficient (Wildman–Crippen LogP) is 3.20. The molecule has 0 N–H and O–H groups in total. The molecule has 164 valence electrons. The van der Waals surface area contributed by atoms with Gasteiger partial charge in [0.05, 0.1) is 4.90 Å². The molecule has 0 spiro atoms. The summed E-state index contributed by atoms with van der Waals surface area (Å²) < 4.78 is 39.9. The molecule has 3 aromatic carbocycles. The first-order chi connectivity index (χ1) is 15.4. The van der Waals surface area contributed by atoms with Crippen molar-refractivity contribution < 1.29 is 22.4 Å². The Balaban J connectivity index is 1.40. The fourth-order valence-corrected chi connectivity index (χ4v) is 5.01. The van der Waals surface area contributed by atoms with Crippen LogP contribution in [0.1, 0.15) is 26.3 Å². The third kappa shape index (κ3) is 4.46. The van der Waals surface area contributed by atoms with Crippen LogP contribution in [0.15, 0.2) is 83.8 Å². The molecule has 0 aromatic heterocycles. The van der Waals surface area contributed by atoms with Gasteiger partial charge < -0.3 is 4.90 Å². The maximum atomic E-state index is 13.1. The summed E-state index contributed by atoms with van der Waals surface area (Å²) in [6.07, 6.45) is 0. The number of rotatable bonds is 5. The number of benzene rings is 3. The van der Waals surface area contributed by atoms with Crippen molar-refractivity contribution in [2.75, 3.05) is 26.2 Å². The maximum Gasteiger partial charge on any atom is 0.253 e. The van der Waals surface area contributed by atoms with Gasteiger partial charge >= 0.3 is 0 Å². The molecule has 1 saturated heterocycles. The summed E-state index contributed by atoms with van der Waals surface area (Å²) in [5.74, 6) is -0.845. The van der Waals surface area contributed by atoms with E-state index >= 15 is 0 Å². The van der Waals surface area contributed by atoms with Crippen LogP contribution in [0.25, 0.3) is 0 Å². The van der Waals surface area contributed by atoms with E-state index in [2.05, 4.69) is 0 Å². The monoisotopic (exact) mass is 452 g/mol. The molecule has 4 rings (SSSR count). The molecule has 6 nitrogen and oxygen atoms in total. The Labute approximate surface area is 185 Å². The normalized spacial score (nSPS) is 14.8. The highest BCUT2D eigenvalue weighted by Gasteiger charge is 2.30. The number of sulfonamides is 1. The molecule has 32 heavy (non-hydrogen) atoms. The molecular formula is C24H21FN2O4S. The van der Waals surface area contributed by atoms with Crippen LogP contribution >= 0.6 is 0 Å². The largest absolute Gasteiger partial charge is 0.336 e. The zero-order valence-electron chi connectivity index (χ0n) is 17.1. The van der Waals surface area contributed by atoms with E-state index < -0.39 is 15.8 Å². The predicted molar refractivity (Wildman–Crippen MR) is 117 cm³/mol. The van der Waals surface area contributed by atoms with Crippen LogP contribution in [-0.2, 0) is 10.0 Å². The second-order valence-corrected chi connectivity index (χ2v) is 9.36. The lowest BCUT2D eigenvalue weighted by molar-refractivity contribution is 0.0697. The lowest BCUT2D eigenvalue weighted by Crippen LogP contribution is -2.50. The van der Waals surface area contributed by atoms with Gasteiger partial charge in [-0.3, -0.25) is 9.59 Å². The molecule has 1 amide bonds. The van der Waals surface area contributed by atoms with E-state index in [4.69, 9.17) is 0 Å². The summed E-state index contributed by atoms with van der Waals surface area (Å²) in [7, 11) is -3.74. The van der Waals surface area contributed by atoms with E-state index in [1.165, 1.54) is 16.4 Å². The molecule has 0 bridgehead atoms. The van der Waals surface area contributed by atoms with Crippen LogP contribution in [0.3, 0.4) is 0 Å². The summed E-state index contributed by atoms with van der Waals surface area (Å²) in [5.41, 5.74) is 1.50.